The maximum absolute atomic E-state index is 13.1. The first-order chi connectivity index (χ1) is 15.0. The van der Waals surface area contributed by atoms with Gasteiger partial charge in [-0.2, -0.15) is 39.5 Å². The van der Waals surface area contributed by atoms with E-state index in [9.17, 15) is 54.2 Å². The van der Waals surface area contributed by atoms with Crippen LogP contribution >= 0.6 is 0 Å². The van der Waals surface area contributed by atoms with E-state index in [4.69, 9.17) is 0 Å². The van der Waals surface area contributed by atoms with Crippen molar-refractivity contribution in [2.45, 2.75) is 37.4 Å². The maximum Gasteiger partial charge on any atom is 0.416 e. The summed E-state index contributed by atoms with van der Waals surface area (Å²) in [7, 11) is 0. The van der Waals surface area contributed by atoms with Crippen LogP contribution in [0.1, 0.15) is 27.8 Å². The number of hydrogen-bond donors (Lipinski definition) is 2. The third kappa shape index (κ3) is 7.12. The van der Waals surface area contributed by atoms with Gasteiger partial charge in [-0.3, -0.25) is 4.79 Å². The molecule has 0 saturated carbocycles. The van der Waals surface area contributed by atoms with E-state index >= 15 is 0 Å². The van der Waals surface area contributed by atoms with Gasteiger partial charge in [0.15, 0.2) is 0 Å². The van der Waals surface area contributed by atoms with E-state index in [0.717, 1.165) is 12.1 Å². The zero-order valence-electron chi connectivity index (χ0n) is 16.2. The van der Waals surface area contributed by atoms with Crippen LogP contribution in [0.25, 0.3) is 0 Å². The standard InChI is InChI=1S/C20H14F9NO3/c21-18(22,23)12-5-10(6-13(9-12)19(24,25)26)7-16(31)30-15(17(32)33)8-11-3-1-2-4-14(11)20(27,28)29/h1-6,9,15H,7-8H2,(H,30,31)(H,32,33)/t15-/m1/s1. The second-order valence-electron chi connectivity index (χ2n) is 6.91. The average Bonchev–Trinajstić information content (AvgIpc) is 2.65. The van der Waals surface area contributed by atoms with Crippen LogP contribution < -0.4 is 5.32 Å². The fraction of sp³-hybridized carbons (Fsp3) is 0.300. The summed E-state index contributed by atoms with van der Waals surface area (Å²) in [5.74, 6) is -3.04. The van der Waals surface area contributed by atoms with Gasteiger partial charge in [-0.05, 0) is 35.4 Å². The zero-order valence-corrected chi connectivity index (χ0v) is 16.2. The molecule has 1 atom stereocenters. The summed E-state index contributed by atoms with van der Waals surface area (Å²) in [6.45, 7) is 0. The molecule has 180 valence electrons. The lowest BCUT2D eigenvalue weighted by molar-refractivity contribution is -0.143. The van der Waals surface area contributed by atoms with Crippen LogP contribution in [0.3, 0.4) is 0 Å². The molecule has 0 aromatic heterocycles. The van der Waals surface area contributed by atoms with Gasteiger partial charge in [-0.15, -0.1) is 0 Å². The van der Waals surface area contributed by atoms with Gasteiger partial charge in [-0.25, -0.2) is 4.79 Å². The molecule has 0 bridgehead atoms. The largest absolute Gasteiger partial charge is 0.480 e. The van der Waals surface area contributed by atoms with Gasteiger partial charge in [0.25, 0.3) is 0 Å². The van der Waals surface area contributed by atoms with Crippen LogP contribution in [0.2, 0.25) is 0 Å². The predicted molar refractivity (Wildman–Crippen MR) is 94.9 cm³/mol. The number of halogens is 9. The van der Waals surface area contributed by atoms with Crippen LogP contribution in [0.4, 0.5) is 39.5 Å². The Morgan fingerprint density at radius 1 is 0.818 bits per heavy atom. The second kappa shape index (κ2) is 9.32. The molecule has 0 heterocycles. The lowest BCUT2D eigenvalue weighted by Gasteiger charge is -2.18. The highest BCUT2D eigenvalue weighted by Gasteiger charge is 2.37. The minimum atomic E-state index is -5.16. The van der Waals surface area contributed by atoms with Gasteiger partial charge < -0.3 is 10.4 Å². The maximum atomic E-state index is 13.1. The first-order valence-corrected chi connectivity index (χ1v) is 8.94. The highest BCUT2D eigenvalue weighted by molar-refractivity contribution is 5.85. The van der Waals surface area contributed by atoms with E-state index in [1.54, 1.807) is 0 Å². The Hall–Kier alpha value is -3.25. The fourth-order valence-electron chi connectivity index (χ4n) is 2.95. The minimum absolute atomic E-state index is 0.143. The first kappa shape index (κ1) is 26.0. The molecule has 13 heteroatoms. The van der Waals surface area contributed by atoms with Crippen molar-refractivity contribution in [3.8, 4) is 0 Å². The number of aliphatic carboxylic acids is 1. The van der Waals surface area contributed by atoms with Gasteiger partial charge in [0.1, 0.15) is 6.04 Å². The van der Waals surface area contributed by atoms with Crippen LogP contribution in [0.5, 0.6) is 0 Å². The quantitative estimate of drug-likeness (QED) is 0.558. The van der Waals surface area contributed by atoms with Crippen molar-refractivity contribution in [2.75, 3.05) is 0 Å². The number of benzene rings is 2. The number of alkyl halides is 9. The van der Waals surface area contributed by atoms with Gasteiger partial charge in [-0.1, -0.05) is 18.2 Å². The van der Waals surface area contributed by atoms with Crippen LogP contribution in [-0.2, 0) is 41.0 Å². The average molecular weight is 487 g/mol. The molecule has 2 aromatic carbocycles. The summed E-state index contributed by atoms with van der Waals surface area (Å²) in [5.41, 5.74) is -5.69. The molecular formula is C20H14F9NO3. The summed E-state index contributed by atoms with van der Waals surface area (Å²) in [4.78, 5) is 23.6. The number of nitrogens with one attached hydrogen (secondary N) is 1. The van der Waals surface area contributed by atoms with Crippen molar-refractivity contribution >= 4 is 11.9 Å². The SMILES string of the molecule is O=C(Cc1cc(C(F)(F)F)cc(C(F)(F)F)c1)N[C@H](Cc1ccccc1C(F)(F)F)C(=O)O. The third-order valence-electron chi connectivity index (χ3n) is 4.39. The summed E-state index contributed by atoms with van der Waals surface area (Å²) < 4.78 is 117. The van der Waals surface area contributed by atoms with Crippen molar-refractivity contribution in [1.29, 1.82) is 0 Å². The molecule has 0 saturated heterocycles. The molecule has 33 heavy (non-hydrogen) atoms. The van der Waals surface area contributed by atoms with Gasteiger partial charge >= 0.3 is 24.5 Å². The van der Waals surface area contributed by atoms with E-state index in [2.05, 4.69) is 0 Å². The highest BCUT2D eigenvalue weighted by Crippen LogP contribution is 2.36. The Kier molecular flexibility index (Phi) is 7.34. The van der Waals surface area contributed by atoms with Crippen molar-refractivity contribution in [1.82, 2.24) is 5.32 Å². The molecule has 1 amide bonds. The fourth-order valence-corrected chi connectivity index (χ4v) is 2.95. The zero-order chi connectivity index (χ0) is 25.2. The summed E-state index contributed by atoms with van der Waals surface area (Å²) in [6, 6.07) is 2.46. The van der Waals surface area contributed by atoms with Crippen LogP contribution in [0, 0.1) is 0 Å². The normalized spacial score (nSPS) is 13.5. The monoisotopic (exact) mass is 487 g/mol. The van der Waals surface area contributed by atoms with Gasteiger partial charge in [0, 0.05) is 6.42 Å². The number of hydrogen-bond acceptors (Lipinski definition) is 2. The number of carbonyl (C=O) groups is 2. The van der Waals surface area contributed by atoms with E-state index in [-0.39, 0.29) is 6.07 Å². The Morgan fingerprint density at radius 2 is 1.33 bits per heavy atom. The minimum Gasteiger partial charge on any atom is -0.480 e. The molecule has 0 radical (unpaired) electrons. The number of carboxylic acid groups (broad SMARTS) is 1. The highest BCUT2D eigenvalue weighted by atomic mass is 19.4. The number of carboxylic acids is 1. The topological polar surface area (TPSA) is 66.4 Å². The summed E-state index contributed by atoms with van der Waals surface area (Å²) in [5, 5.41) is 11.1. The van der Waals surface area contributed by atoms with Gasteiger partial charge in [0.05, 0.1) is 23.1 Å². The molecule has 0 spiro atoms. The Balaban J connectivity index is 2.28. The van der Waals surface area contributed by atoms with Gasteiger partial charge in [0.2, 0.25) is 5.91 Å². The van der Waals surface area contributed by atoms with E-state index in [0.29, 0.717) is 18.2 Å². The van der Waals surface area contributed by atoms with Crippen molar-refractivity contribution in [3.63, 3.8) is 0 Å². The molecule has 0 aliphatic carbocycles. The molecule has 4 nitrogen and oxygen atoms in total. The molecule has 0 aliphatic heterocycles. The Bertz CT molecular complexity index is 994. The molecule has 2 rings (SSSR count). The molecule has 0 unspecified atom stereocenters. The summed E-state index contributed by atoms with van der Waals surface area (Å²) in [6.07, 6.45) is -17.0. The molecule has 2 aromatic rings. The second-order valence-corrected chi connectivity index (χ2v) is 6.91. The Morgan fingerprint density at radius 3 is 1.79 bits per heavy atom. The molecule has 2 N–H and O–H groups in total. The van der Waals surface area contributed by atoms with Crippen LogP contribution in [0.15, 0.2) is 42.5 Å². The van der Waals surface area contributed by atoms with E-state index in [1.165, 1.54) is 6.07 Å². The summed E-state index contributed by atoms with van der Waals surface area (Å²) >= 11 is 0. The van der Waals surface area contributed by atoms with Crippen LogP contribution in [-0.4, -0.2) is 23.0 Å². The molecular weight excluding hydrogens is 473 g/mol. The van der Waals surface area contributed by atoms with E-state index < -0.39 is 77.1 Å². The third-order valence-corrected chi connectivity index (χ3v) is 4.39. The number of carbonyl (C=O) groups excluding carboxylic acids is 1. The van der Waals surface area contributed by atoms with Crippen molar-refractivity contribution in [3.05, 3.63) is 70.3 Å². The molecule has 0 aliphatic rings. The van der Waals surface area contributed by atoms with E-state index in [1.807, 2.05) is 5.32 Å². The lowest BCUT2D eigenvalue weighted by atomic mass is 9.99. The number of rotatable bonds is 6. The molecule has 0 fully saturated rings. The first-order valence-electron chi connectivity index (χ1n) is 8.94. The lowest BCUT2D eigenvalue weighted by Crippen LogP contribution is -2.43. The predicted octanol–water partition coefficient (Wildman–Crippen LogP) is 5.10. The Labute approximate surface area is 180 Å². The van der Waals surface area contributed by atoms with Crippen molar-refractivity contribution < 1.29 is 54.2 Å². The van der Waals surface area contributed by atoms with Crippen molar-refractivity contribution in [2.24, 2.45) is 0 Å². The number of amides is 1. The smallest absolute Gasteiger partial charge is 0.416 e.